The van der Waals surface area contributed by atoms with Crippen LogP contribution in [0.1, 0.15) is 10.4 Å². The molecule has 0 saturated heterocycles. The molecule has 0 spiro atoms. The number of fused-ring (bicyclic) bond motifs is 1. The Bertz CT molecular complexity index is 2100. The first-order valence-electron chi connectivity index (χ1n) is 14.0. The van der Waals surface area contributed by atoms with Gasteiger partial charge in [-0.15, -0.1) is 5.10 Å². The lowest BCUT2D eigenvalue weighted by Crippen LogP contribution is -2.21. The molecular formula is C33H26BrN7O6. The molecule has 2 amide bonds. The van der Waals surface area contributed by atoms with Crippen LogP contribution in [0.25, 0.3) is 16.5 Å². The Morgan fingerprint density at radius 3 is 2.45 bits per heavy atom. The number of aromatic hydroxyl groups is 1. The van der Waals surface area contributed by atoms with Crippen LogP contribution in [0.3, 0.4) is 0 Å². The zero-order chi connectivity index (χ0) is 32.9. The lowest BCUT2D eigenvalue weighted by molar-refractivity contribution is 0.0600. The van der Waals surface area contributed by atoms with E-state index in [0.29, 0.717) is 49.4 Å². The Morgan fingerprint density at radius 1 is 0.894 bits per heavy atom. The van der Waals surface area contributed by atoms with Gasteiger partial charge in [0.25, 0.3) is 0 Å². The van der Waals surface area contributed by atoms with Gasteiger partial charge in [-0.05, 0) is 54.6 Å². The fourth-order valence-electron chi connectivity index (χ4n) is 4.72. The summed E-state index contributed by atoms with van der Waals surface area (Å²) < 4.78 is 18.3. The van der Waals surface area contributed by atoms with Crippen molar-refractivity contribution in [3.63, 3.8) is 0 Å². The average Bonchev–Trinajstić information content (AvgIpc) is 3.44. The number of nitrogens with zero attached hydrogens (tertiary/aromatic N) is 4. The van der Waals surface area contributed by atoms with E-state index in [-0.39, 0.29) is 23.5 Å². The first kappa shape index (κ1) is 30.9. The van der Waals surface area contributed by atoms with Crippen LogP contribution in [0.2, 0.25) is 0 Å². The number of carbonyl (C=O) groups excluding carboxylic acids is 2. The highest BCUT2D eigenvalue weighted by Crippen LogP contribution is 2.34. The number of esters is 1. The fraction of sp³-hybridized carbons (Fsp3) is 0.0606. The molecule has 4 N–H and O–H groups in total. The molecule has 2 heterocycles. The van der Waals surface area contributed by atoms with E-state index < -0.39 is 12.0 Å². The molecule has 236 valence electrons. The van der Waals surface area contributed by atoms with Crippen molar-refractivity contribution < 1.29 is 28.9 Å². The van der Waals surface area contributed by atoms with E-state index in [9.17, 15) is 14.7 Å². The summed E-state index contributed by atoms with van der Waals surface area (Å²) in [5.41, 5.74) is 2.05. The average molecular weight is 697 g/mol. The van der Waals surface area contributed by atoms with Gasteiger partial charge in [0.05, 0.1) is 31.2 Å². The van der Waals surface area contributed by atoms with E-state index in [1.807, 2.05) is 24.3 Å². The number of anilines is 4. The van der Waals surface area contributed by atoms with Gasteiger partial charge < -0.3 is 30.0 Å². The van der Waals surface area contributed by atoms with Crippen molar-refractivity contribution in [3.8, 4) is 28.9 Å². The predicted molar refractivity (Wildman–Crippen MR) is 179 cm³/mol. The van der Waals surface area contributed by atoms with Gasteiger partial charge in [0.2, 0.25) is 17.7 Å². The summed E-state index contributed by atoms with van der Waals surface area (Å²) in [7, 11) is 2.88. The number of hydrogen-bond acceptors (Lipinski definition) is 10. The Kier molecular flexibility index (Phi) is 8.84. The van der Waals surface area contributed by atoms with E-state index in [0.717, 1.165) is 0 Å². The number of methoxy groups -OCH3 is 2. The molecular weight excluding hydrogens is 670 g/mol. The molecule has 0 bridgehead atoms. The highest BCUT2D eigenvalue weighted by Gasteiger charge is 2.16. The third-order valence-corrected chi connectivity index (χ3v) is 7.26. The minimum atomic E-state index is -0.548. The number of urea groups is 1. The number of halogens is 1. The summed E-state index contributed by atoms with van der Waals surface area (Å²) in [5, 5.41) is 24.3. The number of carbonyl (C=O) groups is 2. The molecule has 2 aromatic heterocycles. The molecule has 0 atom stereocenters. The molecule has 0 aliphatic rings. The van der Waals surface area contributed by atoms with Gasteiger partial charge in [-0.2, -0.15) is 4.98 Å². The topological polar surface area (TPSA) is 162 Å². The standard InChI is InChI=1S/C33H26BrN7O6/c1-45-23-9-7-22(8-10-23)41-28(18-29(42)40-41)38-33(44)37-26-11-12-27(25-6-4-3-5-24(25)26)47-30-13-14-35-32(39-30)36-21-16-19(31(43)46-2)15-20(34)17-21/h3-18H,1-2H3,(H,40,42)(H,35,36,39)(H2,37,38,44). The lowest BCUT2D eigenvalue weighted by Gasteiger charge is -2.14. The summed E-state index contributed by atoms with van der Waals surface area (Å²) in [6.07, 6.45) is 1.54. The monoisotopic (exact) mass is 695 g/mol. The molecule has 0 unspecified atom stereocenters. The summed E-state index contributed by atoms with van der Waals surface area (Å²) >= 11 is 3.40. The van der Waals surface area contributed by atoms with E-state index >= 15 is 0 Å². The second-order valence-corrected chi connectivity index (χ2v) is 10.8. The number of rotatable bonds is 9. The highest BCUT2D eigenvalue weighted by atomic mass is 79.9. The number of ether oxygens (including phenoxy) is 3. The number of nitrogens with one attached hydrogen (secondary N) is 3. The molecule has 0 saturated carbocycles. The van der Waals surface area contributed by atoms with Crippen molar-refractivity contribution in [2.75, 3.05) is 30.2 Å². The number of hydrogen-bond donors (Lipinski definition) is 4. The molecule has 0 aliphatic carbocycles. The highest BCUT2D eigenvalue weighted by molar-refractivity contribution is 9.10. The molecule has 6 rings (SSSR count). The van der Waals surface area contributed by atoms with Gasteiger partial charge >= 0.3 is 12.0 Å². The van der Waals surface area contributed by atoms with Crippen molar-refractivity contribution in [3.05, 3.63) is 107 Å². The maximum atomic E-state index is 13.1. The zero-order valence-corrected chi connectivity index (χ0v) is 26.5. The minimum absolute atomic E-state index is 0.246. The Hall–Kier alpha value is -6.15. The number of amides is 2. The SMILES string of the molecule is COC(=O)c1cc(Br)cc(Nc2nccc(Oc3ccc(NC(=O)Nc4cc(O)nn4-c4ccc(OC)cc4)c4ccccc34)n2)c1. The lowest BCUT2D eigenvalue weighted by atomic mass is 10.1. The first-order chi connectivity index (χ1) is 22.8. The van der Waals surface area contributed by atoms with Crippen LogP contribution >= 0.6 is 15.9 Å². The molecule has 0 fully saturated rings. The molecule has 47 heavy (non-hydrogen) atoms. The molecule has 13 nitrogen and oxygen atoms in total. The maximum Gasteiger partial charge on any atom is 0.337 e. The maximum absolute atomic E-state index is 13.1. The number of aromatic nitrogens is 4. The zero-order valence-electron chi connectivity index (χ0n) is 24.9. The third kappa shape index (κ3) is 7.07. The largest absolute Gasteiger partial charge is 0.497 e. The van der Waals surface area contributed by atoms with Crippen LogP contribution in [0, 0.1) is 0 Å². The summed E-state index contributed by atoms with van der Waals surface area (Å²) in [4.78, 5) is 33.9. The van der Waals surface area contributed by atoms with E-state index in [1.54, 1.807) is 74.0 Å². The van der Waals surface area contributed by atoms with Crippen LogP contribution in [0.15, 0.2) is 102 Å². The first-order valence-corrected chi connectivity index (χ1v) is 14.8. The van der Waals surface area contributed by atoms with Crippen molar-refractivity contribution in [2.45, 2.75) is 0 Å². The van der Waals surface area contributed by atoms with Gasteiger partial charge in [-0.1, -0.05) is 40.2 Å². The summed E-state index contributed by atoms with van der Waals surface area (Å²) in [6.45, 7) is 0. The van der Waals surface area contributed by atoms with Gasteiger partial charge in [0, 0.05) is 39.3 Å². The molecule has 14 heteroatoms. The van der Waals surface area contributed by atoms with Crippen molar-refractivity contribution in [1.82, 2.24) is 19.7 Å². The second kappa shape index (κ2) is 13.5. The summed E-state index contributed by atoms with van der Waals surface area (Å²) in [6, 6.07) is 25.3. The van der Waals surface area contributed by atoms with Crippen molar-refractivity contribution >= 4 is 61.8 Å². The van der Waals surface area contributed by atoms with E-state index in [2.05, 4.69) is 46.9 Å². The summed E-state index contributed by atoms with van der Waals surface area (Å²) in [5.74, 6) is 1.19. The van der Waals surface area contributed by atoms with Gasteiger partial charge in [0.15, 0.2) is 0 Å². The van der Waals surface area contributed by atoms with Gasteiger partial charge in [0.1, 0.15) is 17.3 Å². The van der Waals surface area contributed by atoms with Crippen LogP contribution in [-0.4, -0.2) is 51.1 Å². The fourth-order valence-corrected chi connectivity index (χ4v) is 5.21. The van der Waals surface area contributed by atoms with Crippen molar-refractivity contribution in [2.24, 2.45) is 0 Å². The van der Waals surface area contributed by atoms with E-state index in [1.165, 1.54) is 17.9 Å². The molecule has 6 aromatic rings. The molecule has 0 radical (unpaired) electrons. The van der Waals surface area contributed by atoms with Gasteiger partial charge in [-0.3, -0.25) is 5.32 Å². The van der Waals surface area contributed by atoms with Crippen molar-refractivity contribution in [1.29, 1.82) is 0 Å². The Morgan fingerprint density at radius 2 is 1.68 bits per heavy atom. The van der Waals surface area contributed by atoms with Crippen LogP contribution in [0.5, 0.6) is 23.3 Å². The van der Waals surface area contributed by atoms with Gasteiger partial charge in [-0.25, -0.2) is 19.3 Å². The second-order valence-electron chi connectivity index (χ2n) is 9.90. The molecule has 4 aromatic carbocycles. The quantitative estimate of drug-likeness (QED) is 0.113. The predicted octanol–water partition coefficient (Wildman–Crippen LogP) is 7.26. The Balaban J connectivity index is 1.20. The normalized spacial score (nSPS) is 10.7. The minimum Gasteiger partial charge on any atom is -0.497 e. The van der Waals surface area contributed by atoms with Crippen LogP contribution in [0.4, 0.5) is 27.9 Å². The molecule has 0 aliphatic heterocycles. The van der Waals surface area contributed by atoms with Crippen LogP contribution < -0.4 is 25.4 Å². The smallest absolute Gasteiger partial charge is 0.337 e. The van der Waals surface area contributed by atoms with E-state index in [4.69, 9.17) is 14.2 Å². The van der Waals surface area contributed by atoms with Crippen LogP contribution in [-0.2, 0) is 4.74 Å². The number of benzene rings is 4. The Labute approximate surface area is 276 Å². The third-order valence-electron chi connectivity index (χ3n) is 6.81.